The van der Waals surface area contributed by atoms with Crippen molar-refractivity contribution in [2.45, 2.75) is 16.7 Å². The van der Waals surface area contributed by atoms with Crippen LogP contribution in [0, 0.1) is 0 Å². The van der Waals surface area contributed by atoms with Crippen molar-refractivity contribution < 1.29 is 13.2 Å². The van der Waals surface area contributed by atoms with Crippen molar-refractivity contribution in [3.63, 3.8) is 0 Å². The average molecular weight is 338 g/mol. The highest BCUT2D eigenvalue weighted by atomic mass is 32.2. The third-order valence-electron chi connectivity index (χ3n) is 3.72. The average Bonchev–Trinajstić information content (AvgIpc) is 3.19. The number of nitrogens with zero attached hydrogens (tertiary/aromatic N) is 1. The van der Waals surface area contributed by atoms with Crippen molar-refractivity contribution >= 4 is 32.7 Å². The van der Waals surface area contributed by atoms with Crippen molar-refractivity contribution in [2.24, 2.45) is 0 Å². The van der Waals surface area contributed by atoms with E-state index >= 15 is 0 Å². The lowest BCUT2D eigenvalue weighted by Crippen LogP contribution is -2.22. The minimum atomic E-state index is -3.48. The maximum absolute atomic E-state index is 12.2. The lowest BCUT2D eigenvalue weighted by molar-refractivity contribution is 0.121. The molecule has 0 saturated carbocycles. The quantitative estimate of drug-likeness (QED) is 0.911. The van der Waals surface area contributed by atoms with Crippen LogP contribution in [0.1, 0.15) is 6.42 Å². The Kier molecular flexibility index (Phi) is 4.37. The molecule has 1 N–H and O–H groups in total. The highest BCUT2D eigenvalue weighted by molar-refractivity contribution is 7.94. The lowest BCUT2D eigenvalue weighted by Gasteiger charge is -2.18. The molecule has 2 aromatic rings. The zero-order valence-electron chi connectivity index (χ0n) is 12.2. The van der Waals surface area contributed by atoms with Crippen molar-refractivity contribution in [2.75, 3.05) is 29.8 Å². The summed E-state index contributed by atoms with van der Waals surface area (Å²) in [5.74, 6) is 0. The van der Waals surface area contributed by atoms with Crippen LogP contribution in [0.25, 0.3) is 0 Å². The van der Waals surface area contributed by atoms with Gasteiger partial charge in [0, 0.05) is 31.6 Å². The molecule has 1 aromatic heterocycles. The number of thiophene rings is 1. The van der Waals surface area contributed by atoms with Crippen LogP contribution in [0.4, 0.5) is 11.4 Å². The Bertz CT molecular complexity index is 712. The summed E-state index contributed by atoms with van der Waals surface area (Å²) in [6.07, 6.45) is 1.29. The Hall–Kier alpha value is -1.57. The first kappa shape index (κ1) is 15.3. The first-order valence-electron chi connectivity index (χ1n) is 7.02. The molecule has 118 valence electrons. The molecular formula is C15H18N2O3S2. The Morgan fingerprint density at radius 1 is 1.27 bits per heavy atom. The number of ether oxygens (including phenoxy) is 1. The Labute approximate surface area is 134 Å². The fourth-order valence-corrected chi connectivity index (χ4v) is 4.57. The molecule has 0 spiro atoms. The molecule has 7 heteroatoms. The molecule has 2 heterocycles. The Balaban J connectivity index is 1.70. The van der Waals surface area contributed by atoms with Gasteiger partial charge in [-0.15, -0.1) is 11.3 Å². The maximum Gasteiger partial charge on any atom is 0.271 e. The molecule has 0 amide bonds. The van der Waals surface area contributed by atoms with Gasteiger partial charge in [-0.05, 0) is 42.1 Å². The zero-order valence-corrected chi connectivity index (χ0v) is 13.9. The van der Waals surface area contributed by atoms with E-state index < -0.39 is 10.0 Å². The van der Waals surface area contributed by atoms with Crippen LogP contribution in [0.3, 0.4) is 0 Å². The second-order valence-corrected chi connectivity index (χ2v) is 8.03. The summed E-state index contributed by atoms with van der Waals surface area (Å²) in [6, 6.07) is 10.8. The summed E-state index contributed by atoms with van der Waals surface area (Å²) in [6.45, 7) is 1.83. The second kappa shape index (κ2) is 6.28. The zero-order chi connectivity index (χ0) is 15.6. The second-order valence-electron chi connectivity index (χ2n) is 5.18. The first-order valence-corrected chi connectivity index (χ1v) is 9.39. The molecule has 1 aliphatic rings. The molecule has 1 atom stereocenters. The molecule has 5 nitrogen and oxygen atoms in total. The summed E-state index contributed by atoms with van der Waals surface area (Å²) in [5.41, 5.74) is 1.65. The normalized spacial score (nSPS) is 18.6. The fourth-order valence-electron chi connectivity index (χ4n) is 2.52. The molecule has 1 aromatic carbocycles. The Morgan fingerprint density at radius 2 is 2.05 bits per heavy atom. The van der Waals surface area contributed by atoms with Gasteiger partial charge in [0.2, 0.25) is 0 Å². The molecule has 1 fully saturated rings. The van der Waals surface area contributed by atoms with Gasteiger partial charge in [-0.25, -0.2) is 8.42 Å². The molecule has 3 rings (SSSR count). The van der Waals surface area contributed by atoms with Gasteiger partial charge in [0.1, 0.15) is 4.21 Å². The summed E-state index contributed by atoms with van der Waals surface area (Å²) in [4.78, 5) is 2.24. The number of rotatable bonds is 5. The van der Waals surface area contributed by atoms with Crippen LogP contribution in [-0.4, -0.2) is 34.7 Å². The van der Waals surface area contributed by atoms with Gasteiger partial charge in [-0.1, -0.05) is 6.07 Å². The first-order chi connectivity index (χ1) is 10.6. The standard InChI is InChI=1S/C15H18N2O3S2/c1-20-14-8-9-17(11-14)13-6-4-12(5-7-13)16-22(18,19)15-3-2-10-21-15/h2-7,10,14,16H,8-9,11H2,1H3. The smallest absolute Gasteiger partial charge is 0.271 e. The van der Waals surface area contributed by atoms with E-state index in [-0.39, 0.29) is 6.10 Å². The van der Waals surface area contributed by atoms with Gasteiger partial charge in [0.15, 0.2) is 0 Å². The Morgan fingerprint density at radius 3 is 2.64 bits per heavy atom. The van der Waals surface area contributed by atoms with Crippen molar-refractivity contribution in [3.05, 3.63) is 41.8 Å². The predicted molar refractivity (Wildman–Crippen MR) is 89.2 cm³/mol. The number of sulfonamides is 1. The summed E-state index contributed by atoms with van der Waals surface area (Å²) in [7, 11) is -1.75. The molecule has 0 aliphatic carbocycles. The van der Waals surface area contributed by atoms with E-state index in [1.807, 2.05) is 12.1 Å². The molecule has 0 bridgehead atoms. The molecule has 1 aliphatic heterocycles. The van der Waals surface area contributed by atoms with E-state index in [2.05, 4.69) is 9.62 Å². The molecule has 22 heavy (non-hydrogen) atoms. The third-order valence-corrected chi connectivity index (χ3v) is 6.50. The number of hydrogen-bond acceptors (Lipinski definition) is 5. The molecular weight excluding hydrogens is 320 g/mol. The van der Waals surface area contributed by atoms with Crippen LogP contribution in [0.5, 0.6) is 0 Å². The number of anilines is 2. The lowest BCUT2D eigenvalue weighted by atomic mass is 10.2. The molecule has 1 saturated heterocycles. The summed E-state index contributed by atoms with van der Waals surface area (Å²) < 4.78 is 32.6. The summed E-state index contributed by atoms with van der Waals surface area (Å²) in [5, 5.41) is 1.75. The van der Waals surface area contributed by atoms with Gasteiger partial charge in [0.05, 0.1) is 6.10 Å². The minimum Gasteiger partial charge on any atom is -0.380 e. The SMILES string of the molecule is COC1CCN(c2ccc(NS(=O)(=O)c3cccs3)cc2)C1. The number of nitrogens with one attached hydrogen (secondary N) is 1. The summed E-state index contributed by atoms with van der Waals surface area (Å²) >= 11 is 1.20. The van der Waals surface area contributed by atoms with E-state index in [4.69, 9.17) is 4.74 Å². The number of hydrogen-bond donors (Lipinski definition) is 1. The fraction of sp³-hybridized carbons (Fsp3) is 0.333. The van der Waals surface area contributed by atoms with Crippen molar-refractivity contribution in [1.29, 1.82) is 0 Å². The topological polar surface area (TPSA) is 58.6 Å². The van der Waals surface area contributed by atoms with Crippen LogP contribution < -0.4 is 9.62 Å². The molecule has 1 unspecified atom stereocenters. The van der Waals surface area contributed by atoms with Gasteiger partial charge in [-0.2, -0.15) is 0 Å². The van der Waals surface area contributed by atoms with E-state index in [1.165, 1.54) is 11.3 Å². The highest BCUT2D eigenvalue weighted by Crippen LogP contribution is 2.25. The van der Waals surface area contributed by atoms with Gasteiger partial charge < -0.3 is 9.64 Å². The molecule has 0 radical (unpaired) electrons. The van der Waals surface area contributed by atoms with Gasteiger partial charge in [0.25, 0.3) is 10.0 Å². The number of methoxy groups -OCH3 is 1. The van der Waals surface area contributed by atoms with Crippen molar-refractivity contribution in [3.8, 4) is 0 Å². The van der Waals surface area contributed by atoms with Gasteiger partial charge in [-0.3, -0.25) is 4.72 Å². The van der Waals surface area contributed by atoms with Crippen LogP contribution in [0.2, 0.25) is 0 Å². The van der Waals surface area contributed by atoms with E-state index in [9.17, 15) is 8.42 Å². The predicted octanol–water partition coefficient (Wildman–Crippen LogP) is 2.77. The van der Waals surface area contributed by atoms with E-state index in [1.54, 1.807) is 36.8 Å². The van der Waals surface area contributed by atoms with Crippen LogP contribution >= 0.6 is 11.3 Å². The monoisotopic (exact) mass is 338 g/mol. The van der Waals surface area contributed by atoms with Crippen LogP contribution in [0.15, 0.2) is 46.0 Å². The van der Waals surface area contributed by atoms with E-state index in [0.29, 0.717) is 9.90 Å². The maximum atomic E-state index is 12.2. The minimum absolute atomic E-state index is 0.275. The third kappa shape index (κ3) is 3.26. The largest absolute Gasteiger partial charge is 0.380 e. The van der Waals surface area contributed by atoms with E-state index in [0.717, 1.165) is 25.2 Å². The number of benzene rings is 1. The van der Waals surface area contributed by atoms with Gasteiger partial charge >= 0.3 is 0 Å². The van der Waals surface area contributed by atoms with Crippen LogP contribution in [-0.2, 0) is 14.8 Å². The highest BCUT2D eigenvalue weighted by Gasteiger charge is 2.22. The van der Waals surface area contributed by atoms with Crippen molar-refractivity contribution in [1.82, 2.24) is 0 Å².